The number of ether oxygens (including phenoxy) is 1. The van der Waals surface area contributed by atoms with Crippen LogP contribution in [-0.4, -0.2) is 80.7 Å². The molecule has 1 amide bonds. The third-order valence-corrected chi connectivity index (χ3v) is 6.13. The largest absolute Gasteiger partial charge is 0.383 e. The number of fused-ring (bicyclic) bond motifs is 1. The monoisotopic (exact) mass is 352 g/mol. The van der Waals surface area contributed by atoms with Crippen molar-refractivity contribution < 1.29 is 9.53 Å². The Labute approximate surface area is 148 Å². The van der Waals surface area contributed by atoms with Crippen LogP contribution in [0.1, 0.15) is 33.9 Å². The normalized spacial score (nSPS) is 19.0. The standard InChI is InChI=1S/C17H28N4O2S/c1-19(2)13-6-9-21(10-7-13)17(22)16-18-15-14(24-16)5-4-8-20(15)11-12-23-3/h13H,4-12H2,1-3H3. The molecule has 134 valence electrons. The van der Waals surface area contributed by atoms with E-state index in [1.807, 2.05) is 4.90 Å². The van der Waals surface area contributed by atoms with Gasteiger partial charge in [0.05, 0.1) is 6.61 Å². The van der Waals surface area contributed by atoms with Crippen LogP contribution >= 0.6 is 11.3 Å². The topological polar surface area (TPSA) is 48.9 Å². The summed E-state index contributed by atoms with van der Waals surface area (Å²) in [7, 11) is 5.95. The maximum Gasteiger partial charge on any atom is 0.282 e. The van der Waals surface area contributed by atoms with Crippen molar-refractivity contribution in [3.8, 4) is 0 Å². The summed E-state index contributed by atoms with van der Waals surface area (Å²) in [5.74, 6) is 1.12. The molecule has 1 fully saturated rings. The number of hydrogen-bond donors (Lipinski definition) is 0. The first-order valence-corrected chi connectivity index (χ1v) is 9.61. The van der Waals surface area contributed by atoms with Gasteiger partial charge in [-0.1, -0.05) is 0 Å². The summed E-state index contributed by atoms with van der Waals surface area (Å²) in [5, 5.41) is 0.660. The van der Waals surface area contributed by atoms with Crippen LogP contribution in [0.2, 0.25) is 0 Å². The quantitative estimate of drug-likeness (QED) is 0.807. The number of anilines is 1. The van der Waals surface area contributed by atoms with E-state index in [9.17, 15) is 4.79 Å². The maximum atomic E-state index is 12.8. The van der Waals surface area contributed by atoms with Crippen molar-refractivity contribution >= 4 is 23.1 Å². The fraction of sp³-hybridized carbons (Fsp3) is 0.765. The van der Waals surface area contributed by atoms with E-state index in [-0.39, 0.29) is 5.91 Å². The van der Waals surface area contributed by atoms with Crippen molar-refractivity contribution in [1.82, 2.24) is 14.8 Å². The number of carbonyl (C=O) groups excluding carboxylic acids is 1. The zero-order valence-electron chi connectivity index (χ0n) is 15.0. The molecule has 0 radical (unpaired) electrons. The summed E-state index contributed by atoms with van der Waals surface area (Å²) < 4.78 is 5.19. The van der Waals surface area contributed by atoms with Crippen LogP contribution in [0.4, 0.5) is 5.82 Å². The van der Waals surface area contributed by atoms with Gasteiger partial charge in [-0.15, -0.1) is 11.3 Å². The van der Waals surface area contributed by atoms with Crippen LogP contribution in [-0.2, 0) is 11.2 Å². The molecule has 0 saturated carbocycles. The van der Waals surface area contributed by atoms with E-state index >= 15 is 0 Å². The Morgan fingerprint density at radius 3 is 2.75 bits per heavy atom. The van der Waals surface area contributed by atoms with Gasteiger partial charge < -0.3 is 19.4 Å². The average Bonchev–Trinajstić information content (AvgIpc) is 3.04. The van der Waals surface area contributed by atoms with E-state index in [1.54, 1.807) is 18.4 Å². The Balaban J connectivity index is 1.67. The molecule has 0 unspecified atom stereocenters. The van der Waals surface area contributed by atoms with Crippen LogP contribution < -0.4 is 4.90 Å². The highest BCUT2D eigenvalue weighted by Gasteiger charge is 2.29. The predicted octanol–water partition coefficient (Wildman–Crippen LogP) is 1.71. The summed E-state index contributed by atoms with van der Waals surface area (Å²) in [5.41, 5.74) is 0. The second-order valence-corrected chi connectivity index (χ2v) is 7.92. The van der Waals surface area contributed by atoms with Crippen molar-refractivity contribution in [1.29, 1.82) is 0 Å². The molecule has 7 heteroatoms. The Morgan fingerprint density at radius 2 is 2.08 bits per heavy atom. The predicted molar refractivity (Wildman–Crippen MR) is 97.1 cm³/mol. The van der Waals surface area contributed by atoms with Gasteiger partial charge in [0.2, 0.25) is 0 Å². The van der Waals surface area contributed by atoms with E-state index < -0.39 is 0 Å². The summed E-state index contributed by atoms with van der Waals surface area (Å²) in [6.07, 6.45) is 4.25. The minimum atomic E-state index is 0.110. The second-order valence-electron chi connectivity index (χ2n) is 6.84. The lowest BCUT2D eigenvalue weighted by Gasteiger charge is -2.34. The average molecular weight is 353 g/mol. The van der Waals surface area contributed by atoms with Gasteiger partial charge in [0.15, 0.2) is 5.01 Å². The Kier molecular flexibility index (Phi) is 5.73. The minimum absolute atomic E-state index is 0.110. The van der Waals surface area contributed by atoms with E-state index in [0.29, 0.717) is 17.7 Å². The molecule has 1 aromatic heterocycles. The molecule has 3 heterocycles. The third-order valence-electron chi connectivity index (χ3n) is 5.04. The third kappa shape index (κ3) is 3.73. The molecular weight excluding hydrogens is 324 g/mol. The van der Waals surface area contributed by atoms with E-state index in [1.165, 1.54) is 4.88 Å². The SMILES string of the molecule is COCCN1CCCc2sc(C(=O)N3CCC(N(C)C)CC3)nc21. The smallest absolute Gasteiger partial charge is 0.282 e. The van der Waals surface area contributed by atoms with Crippen molar-refractivity contribution in [2.75, 3.05) is 58.9 Å². The van der Waals surface area contributed by atoms with Gasteiger partial charge in [-0.25, -0.2) is 4.98 Å². The molecule has 0 spiro atoms. The van der Waals surface area contributed by atoms with Gasteiger partial charge in [-0.2, -0.15) is 0 Å². The first-order valence-electron chi connectivity index (χ1n) is 8.79. The molecule has 24 heavy (non-hydrogen) atoms. The van der Waals surface area contributed by atoms with Gasteiger partial charge in [-0.3, -0.25) is 4.79 Å². The number of aromatic nitrogens is 1. The lowest BCUT2D eigenvalue weighted by atomic mass is 10.0. The zero-order valence-corrected chi connectivity index (χ0v) is 15.8. The number of thiazole rings is 1. The molecule has 2 aliphatic heterocycles. The minimum Gasteiger partial charge on any atom is -0.383 e. The van der Waals surface area contributed by atoms with Gasteiger partial charge in [0, 0.05) is 44.2 Å². The Hall–Kier alpha value is -1.18. The van der Waals surface area contributed by atoms with Crippen molar-refractivity contribution in [2.45, 2.75) is 31.7 Å². The van der Waals surface area contributed by atoms with E-state index in [2.05, 4.69) is 23.9 Å². The second kappa shape index (κ2) is 7.80. The number of amides is 1. The highest BCUT2D eigenvalue weighted by molar-refractivity contribution is 7.14. The fourth-order valence-corrected chi connectivity index (χ4v) is 4.62. The lowest BCUT2D eigenvalue weighted by molar-refractivity contribution is 0.0663. The Bertz CT molecular complexity index is 567. The highest BCUT2D eigenvalue weighted by Crippen LogP contribution is 2.32. The van der Waals surface area contributed by atoms with Crippen LogP contribution in [0.3, 0.4) is 0 Å². The maximum absolute atomic E-state index is 12.8. The Morgan fingerprint density at radius 1 is 1.33 bits per heavy atom. The molecule has 0 aliphatic carbocycles. The number of hydrogen-bond acceptors (Lipinski definition) is 6. The number of methoxy groups -OCH3 is 1. The molecule has 0 N–H and O–H groups in total. The number of likely N-dealkylation sites (tertiary alicyclic amines) is 1. The summed E-state index contributed by atoms with van der Waals surface area (Å²) >= 11 is 1.59. The van der Waals surface area contributed by atoms with E-state index in [4.69, 9.17) is 9.72 Å². The molecule has 3 rings (SSSR count). The first-order chi connectivity index (χ1) is 11.6. The van der Waals surface area contributed by atoms with Gasteiger partial charge in [0.1, 0.15) is 5.82 Å². The van der Waals surface area contributed by atoms with Crippen LogP contribution in [0, 0.1) is 0 Å². The van der Waals surface area contributed by atoms with Crippen molar-refractivity contribution in [3.05, 3.63) is 9.88 Å². The molecule has 2 aliphatic rings. The molecule has 1 aromatic rings. The number of carbonyl (C=O) groups is 1. The summed E-state index contributed by atoms with van der Waals surface area (Å²) in [6.45, 7) is 4.20. The molecule has 0 atom stereocenters. The number of aryl methyl sites for hydroxylation is 1. The zero-order chi connectivity index (χ0) is 17.1. The first kappa shape index (κ1) is 17.6. The number of piperidine rings is 1. The van der Waals surface area contributed by atoms with Gasteiger partial charge in [-0.05, 0) is 39.8 Å². The lowest BCUT2D eigenvalue weighted by Crippen LogP contribution is -2.44. The highest BCUT2D eigenvalue weighted by atomic mass is 32.1. The van der Waals surface area contributed by atoms with E-state index in [0.717, 1.165) is 57.7 Å². The van der Waals surface area contributed by atoms with Crippen LogP contribution in [0.25, 0.3) is 0 Å². The fourth-order valence-electron chi connectivity index (χ4n) is 3.52. The van der Waals surface area contributed by atoms with Gasteiger partial charge in [0.25, 0.3) is 5.91 Å². The van der Waals surface area contributed by atoms with Crippen LogP contribution in [0.15, 0.2) is 0 Å². The molecule has 0 aromatic carbocycles. The van der Waals surface area contributed by atoms with Gasteiger partial charge >= 0.3 is 0 Å². The molecular formula is C17H28N4O2S. The molecule has 6 nitrogen and oxygen atoms in total. The molecule has 0 bridgehead atoms. The van der Waals surface area contributed by atoms with Crippen molar-refractivity contribution in [3.63, 3.8) is 0 Å². The molecule has 1 saturated heterocycles. The van der Waals surface area contributed by atoms with Crippen molar-refractivity contribution in [2.24, 2.45) is 0 Å². The summed E-state index contributed by atoms with van der Waals surface area (Å²) in [4.78, 5) is 25.3. The summed E-state index contributed by atoms with van der Waals surface area (Å²) in [6, 6.07) is 0.586. The van der Waals surface area contributed by atoms with Crippen LogP contribution in [0.5, 0.6) is 0 Å². The number of nitrogens with zero attached hydrogens (tertiary/aromatic N) is 4. The number of rotatable bonds is 5.